The second-order valence-electron chi connectivity index (χ2n) is 4.01. The van der Waals surface area contributed by atoms with Crippen LogP contribution in [-0.4, -0.2) is 24.4 Å². The SMILES string of the molecule is CC[C@H]([C@H](CC=O)c1ccccc1OC)[N+](=O)[O-]. The maximum atomic E-state index is 11.1. The highest BCUT2D eigenvalue weighted by molar-refractivity contribution is 5.53. The van der Waals surface area contributed by atoms with Gasteiger partial charge < -0.3 is 9.53 Å². The van der Waals surface area contributed by atoms with Gasteiger partial charge in [0.2, 0.25) is 6.04 Å². The summed E-state index contributed by atoms with van der Waals surface area (Å²) >= 11 is 0. The fraction of sp³-hybridized carbons (Fsp3) is 0.462. The number of nitro groups is 1. The van der Waals surface area contributed by atoms with Crippen LogP contribution in [0.2, 0.25) is 0 Å². The molecule has 0 aromatic heterocycles. The first-order chi connectivity index (χ1) is 8.65. The summed E-state index contributed by atoms with van der Waals surface area (Å²) in [5.74, 6) is 0.142. The second-order valence-corrected chi connectivity index (χ2v) is 4.01. The molecule has 0 saturated carbocycles. The lowest BCUT2D eigenvalue weighted by Gasteiger charge is -2.20. The van der Waals surface area contributed by atoms with Crippen LogP contribution in [0, 0.1) is 10.1 Å². The van der Waals surface area contributed by atoms with Crippen LogP contribution in [0.15, 0.2) is 24.3 Å². The molecule has 0 bridgehead atoms. The van der Waals surface area contributed by atoms with Gasteiger partial charge in [-0.05, 0) is 6.07 Å². The van der Waals surface area contributed by atoms with Gasteiger partial charge in [0.15, 0.2) is 0 Å². The molecular formula is C13H17NO4. The van der Waals surface area contributed by atoms with E-state index < -0.39 is 12.0 Å². The Morgan fingerprint density at radius 2 is 2.11 bits per heavy atom. The van der Waals surface area contributed by atoms with Crippen LogP contribution < -0.4 is 4.74 Å². The van der Waals surface area contributed by atoms with Gasteiger partial charge in [-0.3, -0.25) is 10.1 Å². The Balaban J connectivity index is 3.17. The highest BCUT2D eigenvalue weighted by Gasteiger charge is 2.32. The van der Waals surface area contributed by atoms with E-state index in [1.54, 1.807) is 31.2 Å². The molecule has 0 spiro atoms. The third-order valence-corrected chi connectivity index (χ3v) is 3.04. The smallest absolute Gasteiger partial charge is 0.220 e. The molecule has 18 heavy (non-hydrogen) atoms. The normalized spacial score (nSPS) is 13.7. The minimum Gasteiger partial charge on any atom is -0.496 e. The molecule has 1 rings (SSSR count). The van der Waals surface area contributed by atoms with Crippen LogP contribution in [0.25, 0.3) is 0 Å². The van der Waals surface area contributed by atoms with Crippen LogP contribution in [0.4, 0.5) is 0 Å². The summed E-state index contributed by atoms with van der Waals surface area (Å²) in [6, 6.07) is 6.35. The average Bonchev–Trinajstić information content (AvgIpc) is 2.38. The minimum atomic E-state index is -0.772. The van der Waals surface area contributed by atoms with E-state index in [9.17, 15) is 14.9 Å². The predicted octanol–water partition coefficient (Wildman–Crippen LogP) is 2.42. The van der Waals surface area contributed by atoms with Crippen LogP contribution in [-0.2, 0) is 4.79 Å². The van der Waals surface area contributed by atoms with Gasteiger partial charge >= 0.3 is 0 Å². The number of hydrogen-bond donors (Lipinski definition) is 0. The van der Waals surface area contributed by atoms with Crippen molar-refractivity contribution >= 4 is 6.29 Å². The van der Waals surface area contributed by atoms with Crippen LogP contribution >= 0.6 is 0 Å². The van der Waals surface area contributed by atoms with E-state index >= 15 is 0 Å². The molecule has 2 atom stereocenters. The first kappa shape index (κ1) is 14.2. The summed E-state index contributed by atoms with van der Waals surface area (Å²) in [6.07, 6.45) is 1.23. The summed E-state index contributed by atoms with van der Waals surface area (Å²) in [7, 11) is 1.52. The number of methoxy groups -OCH3 is 1. The Hall–Kier alpha value is -1.91. The van der Waals surface area contributed by atoms with Crippen molar-refractivity contribution in [3.05, 3.63) is 39.9 Å². The van der Waals surface area contributed by atoms with Crippen molar-refractivity contribution in [2.24, 2.45) is 0 Å². The maximum Gasteiger partial charge on any atom is 0.220 e. The average molecular weight is 251 g/mol. The molecule has 1 aromatic carbocycles. The highest BCUT2D eigenvalue weighted by atomic mass is 16.6. The van der Waals surface area contributed by atoms with Crippen LogP contribution in [0.1, 0.15) is 31.2 Å². The monoisotopic (exact) mass is 251 g/mol. The van der Waals surface area contributed by atoms with E-state index in [2.05, 4.69) is 0 Å². The van der Waals surface area contributed by atoms with Crippen molar-refractivity contribution < 1.29 is 14.5 Å². The molecule has 0 unspecified atom stereocenters. The van der Waals surface area contributed by atoms with E-state index in [0.29, 0.717) is 12.2 Å². The first-order valence-corrected chi connectivity index (χ1v) is 5.85. The quantitative estimate of drug-likeness (QED) is 0.424. The Morgan fingerprint density at radius 3 is 2.61 bits per heavy atom. The molecule has 0 fully saturated rings. The molecule has 0 aliphatic rings. The van der Waals surface area contributed by atoms with Crippen molar-refractivity contribution in [1.82, 2.24) is 0 Å². The molecule has 0 amide bonds. The van der Waals surface area contributed by atoms with Crippen molar-refractivity contribution in [2.75, 3.05) is 7.11 Å². The number of carbonyl (C=O) groups excluding carboxylic acids is 1. The van der Waals surface area contributed by atoms with Gasteiger partial charge in [0, 0.05) is 23.3 Å². The third kappa shape index (κ3) is 3.06. The Labute approximate surface area is 106 Å². The standard InChI is InChI=1S/C13H17NO4/c1-3-12(14(16)17)10(8-9-15)11-6-4-5-7-13(11)18-2/h4-7,9-10,12H,3,8H2,1-2H3/t10-,12-/m1/s1. The Bertz CT molecular complexity index is 419. The van der Waals surface area contributed by atoms with Crippen molar-refractivity contribution in [3.8, 4) is 5.75 Å². The van der Waals surface area contributed by atoms with Crippen molar-refractivity contribution in [2.45, 2.75) is 31.7 Å². The van der Waals surface area contributed by atoms with Gasteiger partial charge in [-0.2, -0.15) is 0 Å². The number of para-hydroxylation sites is 1. The van der Waals surface area contributed by atoms with E-state index in [-0.39, 0.29) is 11.3 Å². The fourth-order valence-electron chi connectivity index (χ4n) is 2.15. The number of carbonyl (C=O) groups is 1. The largest absolute Gasteiger partial charge is 0.496 e. The van der Waals surface area contributed by atoms with Crippen molar-refractivity contribution in [1.29, 1.82) is 0 Å². The molecule has 0 saturated heterocycles. The summed E-state index contributed by atoms with van der Waals surface area (Å²) < 4.78 is 5.21. The lowest BCUT2D eigenvalue weighted by atomic mass is 9.87. The molecule has 1 aromatic rings. The fourth-order valence-corrected chi connectivity index (χ4v) is 2.15. The molecule has 0 N–H and O–H groups in total. The third-order valence-electron chi connectivity index (χ3n) is 3.04. The highest BCUT2D eigenvalue weighted by Crippen LogP contribution is 2.33. The molecule has 5 heteroatoms. The summed E-state index contributed by atoms with van der Waals surface area (Å²) in [5.41, 5.74) is 0.718. The number of rotatable bonds is 7. The summed E-state index contributed by atoms with van der Waals surface area (Å²) in [4.78, 5) is 21.5. The number of hydrogen-bond acceptors (Lipinski definition) is 4. The maximum absolute atomic E-state index is 11.1. The predicted molar refractivity (Wildman–Crippen MR) is 67.5 cm³/mol. The van der Waals surface area contributed by atoms with E-state index in [1.807, 2.05) is 0 Å². The van der Waals surface area contributed by atoms with Gasteiger partial charge in [-0.25, -0.2) is 0 Å². The molecule has 0 radical (unpaired) electrons. The van der Waals surface area contributed by atoms with Gasteiger partial charge in [-0.15, -0.1) is 0 Å². The molecule has 0 aliphatic heterocycles. The molecule has 0 heterocycles. The number of benzene rings is 1. The summed E-state index contributed by atoms with van der Waals surface area (Å²) in [6.45, 7) is 1.75. The topological polar surface area (TPSA) is 69.4 Å². The lowest BCUT2D eigenvalue weighted by Crippen LogP contribution is -2.27. The number of nitrogens with zero attached hydrogens (tertiary/aromatic N) is 1. The molecule has 98 valence electrons. The van der Waals surface area contributed by atoms with E-state index in [1.165, 1.54) is 7.11 Å². The Morgan fingerprint density at radius 1 is 1.44 bits per heavy atom. The molecule has 5 nitrogen and oxygen atoms in total. The molecule has 0 aliphatic carbocycles. The zero-order valence-electron chi connectivity index (χ0n) is 10.5. The first-order valence-electron chi connectivity index (χ1n) is 5.85. The lowest BCUT2D eigenvalue weighted by molar-refractivity contribution is -0.527. The van der Waals surface area contributed by atoms with Crippen molar-refractivity contribution in [3.63, 3.8) is 0 Å². The zero-order chi connectivity index (χ0) is 13.5. The Kier molecular flexibility index (Phi) is 5.30. The summed E-state index contributed by atoms with van der Waals surface area (Å²) in [5, 5.41) is 11.1. The van der Waals surface area contributed by atoms with Gasteiger partial charge in [0.25, 0.3) is 0 Å². The minimum absolute atomic E-state index is 0.125. The number of ether oxygens (including phenoxy) is 1. The van der Waals surface area contributed by atoms with E-state index in [4.69, 9.17) is 4.74 Å². The van der Waals surface area contributed by atoms with E-state index in [0.717, 1.165) is 11.8 Å². The van der Waals surface area contributed by atoms with Gasteiger partial charge in [0.1, 0.15) is 12.0 Å². The van der Waals surface area contributed by atoms with Crippen LogP contribution in [0.5, 0.6) is 5.75 Å². The van der Waals surface area contributed by atoms with Gasteiger partial charge in [-0.1, -0.05) is 25.1 Å². The molecular weight excluding hydrogens is 234 g/mol. The second kappa shape index (κ2) is 6.74. The number of aldehydes is 1. The van der Waals surface area contributed by atoms with Crippen LogP contribution in [0.3, 0.4) is 0 Å². The van der Waals surface area contributed by atoms with Gasteiger partial charge in [0.05, 0.1) is 13.0 Å². The zero-order valence-corrected chi connectivity index (χ0v) is 10.5.